The molecule has 3 aromatic carbocycles. The number of phenols is 1. The molecule has 1 heterocycles. The van der Waals surface area contributed by atoms with Crippen molar-refractivity contribution in [3.05, 3.63) is 82.7 Å². The van der Waals surface area contributed by atoms with Gasteiger partial charge in [0.25, 0.3) is 5.89 Å². The van der Waals surface area contributed by atoms with E-state index in [1.165, 1.54) is 0 Å². The number of nitrogens with zero attached hydrogens (tertiary/aromatic N) is 2. The first-order valence-electron chi connectivity index (χ1n) is 10.1. The molecule has 194 valence electrons. The van der Waals surface area contributed by atoms with Gasteiger partial charge in [-0.3, -0.25) is 0 Å². The van der Waals surface area contributed by atoms with E-state index in [1.54, 1.807) is 0 Å². The SMILES string of the molecule is Oc1c(F)ccc(-c2nc(-c3ccc(C(F)(F)F)c(NCc4ccc(F)cc4C(F)(F)F)c3)no2)c1F. The summed E-state index contributed by atoms with van der Waals surface area (Å²) in [4.78, 5) is 3.84. The molecule has 0 radical (unpaired) electrons. The van der Waals surface area contributed by atoms with E-state index in [0.29, 0.717) is 6.07 Å². The lowest BCUT2D eigenvalue weighted by Gasteiger charge is -2.18. The summed E-state index contributed by atoms with van der Waals surface area (Å²) < 4.78 is 126. The number of hydrogen-bond donors (Lipinski definition) is 2. The van der Waals surface area contributed by atoms with Gasteiger partial charge in [0.05, 0.1) is 16.7 Å². The summed E-state index contributed by atoms with van der Waals surface area (Å²) in [6.45, 7) is -0.751. The number of rotatable bonds is 5. The van der Waals surface area contributed by atoms with Crippen molar-refractivity contribution >= 4 is 5.69 Å². The molecular weight excluding hydrogens is 521 g/mol. The molecule has 0 aliphatic heterocycles. The van der Waals surface area contributed by atoms with E-state index in [0.717, 1.165) is 36.4 Å². The van der Waals surface area contributed by atoms with Crippen molar-refractivity contribution in [2.75, 3.05) is 5.32 Å². The zero-order valence-electron chi connectivity index (χ0n) is 18.0. The minimum absolute atomic E-state index is 0.104. The molecule has 0 spiro atoms. The Labute approximate surface area is 201 Å². The van der Waals surface area contributed by atoms with E-state index in [-0.39, 0.29) is 17.5 Å². The van der Waals surface area contributed by atoms with Gasteiger partial charge in [-0.25, -0.2) is 13.2 Å². The molecule has 0 saturated heterocycles. The van der Waals surface area contributed by atoms with Crippen LogP contribution < -0.4 is 5.32 Å². The molecule has 0 bridgehead atoms. The van der Waals surface area contributed by atoms with Gasteiger partial charge in [-0.15, -0.1) is 0 Å². The van der Waals surface area contributed by atoms with Gasteiger partial charge in [0.15, 0.2) is 17.4 Å². The number of nitrogens with one attached hydrogen (secondary N) is 1. The molecule has 1 aromatic heterocycles. The number of phenolic OH excluding ortho intramolecular Hbond substituents is 1. The Kier molecular flexibility index (Phi) is 6.52. The lowest BCUT2D eigenvalue weighted by molar-refractivity contribution is -0.139. The molecule has 14 heteroatoms. The third-order valence-electron chi connectivity index (χ3n) is 5.15. The molecule has 0 amide bonds. The molecule has 0 aliphatic rings. The van der Waals surface area contributed by atoms with Crippen LogP contribution in [0, 0.1) is 17.5 Å². The average Bonchev–Trinajstić information content (AvgIpc) is 3.30. The van der Waals surface area contributed by atoms with Crippen LogP contribution in [0.1, 0.15) is 16.7 Å². The zero-order chi connectivity index (χ0) is 27.1. The highest BCUT2D eigenvalue weighted by atomic mass is 19.4. The maximum atomic E-state index is 14.2. The Balaban J connectivity index is 1.70. The van der Waals surface area contributed by atoms with Crippen molar-refractivity contribution in [3.8, 4) is 28.6 Å². The highest BCUT2D eigenvalue weighted by Gasteiger charge is 2.36. The Morgan fingerprint density at radius 1 is 0.838 bits per heavy atom. The summed E-state index contributed by atoms with van der Waals surface area (Å²) in [7, 11) is 0. The number of anilines is 1. The quantitative estimate of drug-likeness (QED) is 0.266. The third kappa shape index (κ3) is 5.32. The normalized spacial score (nSPS) is 12.1. The van der Waals surface area contributed by atoms with Gasteiger partial charge in [-0.1, -0.05) is 17.3 Å². The summed E-state index contributed by atoms with van der Waals surface area (Å²) in [6.07, 6.45) is -9.87. The Morgan fingerprint density at radius 2 is 1.54 bits per heavy atom. The second kappa shape index (κ2) is 9.33. The summed E-state index contributed by atoms with van der Waals surface area (Å²) in [5, 5.41) is 15.2. The molecule has 0 fully saturated rings. The van der Waals surface area contributed by atoms with Gasteiger partial charge < -0.3 is 14.9 Å². The third-order valence-corrected chi connectivity index (χ3v) is 5.15. The van der Waals surface area contributed by atoms with Gasteiger partial charge >= 0.3 is 12.4 Å². The predicted octanol–water partition coefficient (Wildman–Crippen LogP) is 7.18. The summed E-state index contributed by atoms with van der Waals surface area (Å²) >= 11 is 0. The van der Waals surface area contributed by atoms with Crippen LogP contribution in [0.15, 0.2) is 53.1 Å². The molecule has 0 unspecified atom stereocenters. The number of alkyl halides is 6. The van der Waals surface area contributed by atoms with Crippen LogP contribution in [-0.2, 0) is 18.9 Å². The van der Waals surface area contributed by atoms with Crippen LogP contribution in [-0.4, -0.2) is 15.2 Å². The van der Waals surface area contributed by atoms with Crippen molar-refractivity contribution in [1.82, 2.24) is 10.1 Å². The van der Waals surface area contributed by atoms with Crippen molar-refractivity contribution in [3.63, 3.8) is 0 Å². The Hall–Kier alpha value is -4.23. The van der Waals surface area contributed by atoms with Crippen LogP contribution in [0.4, 0.5) is 45.2 Å². The van der Waals surface area contributed by atoms with E-state index in [4.69, 9.17) is 4.52 Å². The number of hydrogen-bond acceptors (Lipinski definition) is 5. The Morgan fingerprint density at radius 3 is 2.22 bits per heavy atom. The topological polar surface area (TPSA) is 71.2 Å². The molecule has 0 aliphatic carbocycles. The molecular formula is C23H12F9N3O2. The lowest BCUT2D eigenvalue weighted by atomic mass is 10.0. The maximum absolute atomic E-state index is 14.2. The van der Waals surface area contributed by atoms with Crippen molar-refractivity contribution in [1.29, 1.82) is 0 Å². The molecule has 4 aromatic rings. The first kappa shape index (κ1) is 25.9. The molecule has 2 N–H and O–H groups in total. The van der Waals surface area contributed by atoms with Gasteiger partial charge in [0.2, 0.25) is 5.82 Å². The van der Waals surface area contributed by atoms with Gasteiger partial charge in [-0.2, -0.15) is 31.3 Å². The molecule has 0 saturated carbocycles. The lowest BCUT2D eigenvalue weighted by Crippen LogP contribution is -2.15. The summed E-state index contributed by atoms with van der Waals surface area (Å²) in [5.74, 6) is -6.02. The highest BCUT2D eigenvalue weighted by Crippen LogP contribution is 2.39. The van der Waals surface area contributed by atoms with Gasteiger partial charge in [0, 0.05) is 17.8 Å². The number of aromatic nitrogens is 2. The van der Waals surface area contributed by atoms with Crippen LogP contribution in [0.3, 0.4) is 0 Å². The fraction of sp³-hybridized carbons (Fsp3) is 0.130. The minimum atomic E-state index is -4.96. The Bertz CT molecular complexity index is 1460. The van der Waals surface area contributed by atoms with Crippen LogP contribution in [0.2, 0.25) is 0 Å². The van der Waals surface area contributed by atoms with Crippen molar-refractivity contribution < 1.29 is 49.1 Å². The zero-order valence-corrected chi connectivity index (χ0v) is 18.0. The first-order chi connectivity index (χ1) is 17.3. The highest BCUT2D eigenvalue weighted by molar-refractivity contribution is 5.68. The second-order valence-corrected chi connectivity index (χ2v) is 7.59. The predicted molar refractivity (Wildman–Crippen MR) is 110 cm³/mol. The summed E-state index contributed by atoms with van der Waals surface area (Å²) in [6, 6.07) is 5.82. The molecule has 4 rings (SSSR count). The monoisotopic (exact) mass is 533 g/mol. The van der Waals surface area contributed by atoms with E-state index >= 15 is 0 Å². The van der Waals surface area contributed by atoms with Crippen LogP contribution >= 0.6 is 0 Å². The maximum Gasteiger partial charge on any atom is 0.418 e. The summed E-state index contributed by atoms with van der Waals surface area (Å²) in [5.41, 5.74) is -4.35. The van der Waals surface area contributed by atoms with E-state index in [2.05, 4.69) is 15.5 Å². The van der Waals surface area contributed by atoms with E-state index < -0.39 is 75.9 Å². The smallest absolute Gasteiger partial charge is 0.418 e. The van der Waals surface area contributed by atoms with Crippen LogP contribution in [0.5, 0.6) is 5.75 Å². The number of benzene rings is 3. The standard InChI is InChI=1S/C23H12F9N3O2/c24-12-3-1-11(15(8-12)23(30,31)32)9-33-17-7-10(2-5-14(17)22(27,28)29)20-34-21(37-35-20)13-4-6-16(25)19(36)18(13)26/h1-8,33,36H,9H2. The molecule has 5 nitrogen and oxygen atoms in total. The number of halogens is 9. The molecule has 37 heavy (non-hydrogen) atoms. The average molecular weight is 533 g/mol. The van der Waals surface area contributed by atoms with Gasteiger partial charge in [0.1, 0.15) is 5.82 Å². The van der Waals surface area contributed by atoms with Crippen molar-refractivity contribution in [2.45, 2.75) is 18.9 Å². The van der Waals surface area contributed by atoms with Crippen LogP contribution in [0.25, 0.3) is 22.8 Å². The van der Waals surface area contributed by atoms with E-state index in [9.17, 15) is 44.6 Å². The first-order valence-corrected chi connectivity index (χ1v) is 10.1. The fourth-order valence-electron chi connectivity index (χ4n) is 3.39. The fourth-order valence-corrected chi connectivity index (χ4v) is 3.39. The second-order valence-electron chi connectivity index (χ2n) is 7.59. The minimum Gasteiger partial charge on any atom is -0.503 e. The number of aromatic hydroxyl groups is 1. The molecule has 0 atom stereocenters. The largest absolute Gasteiger partial charge is 0.503 e. The van der Waals surface area contributed by atoms with Gasteiger partial charge in [-0.05, 0) is 42.0 Å². The van der Waals surface area contributed by atoms with Crippen molar-refractivity contribution in [2.24, 2.45) is 0 Å². The van der Waals surface area contributed by atoms with E-state index in [1.807, 2.05) is 0 Å².